The Morgan fingerprint density at radius 1 is 1.30 bits per heavy atom. The van der Waals surface area contributed by atoms with Gasteiger partial charge >= 0.3 is 5.97 Å². The number of ether oxygens (including phenoxy) is 1. The number of hydrogen-bond donors (Lipinski definition) is 1. The molecule has 1 aromatic carbocycles. The third-order valence-electron chi connectivity index (χ3n) is 2.63. The summed E-state index contributed by atoms with van der Waals surface area (Å²) in [4.78, 5) is 23.9. The van der Waals surface area contributed by atoms with Crippen molar-refractivity contribution in [3.8, 4) is 12.3 Å². The summed E-state index contributed by atoms with van der Waals surface area (Å²) in [6.07, 6.45) is 5.56. The molecule has 4 heteroatoms. The fourth-order valence-corrected chi connectivity index (χ4v) is 1.73. The second-order valence-corrected chi connectivity index (χ2v) is 4.83. The molecule has 1 unspecified atom stereocenters. The molecule has 0 spiro atoms. The number of nitrogens with one attached hydrogen (secondary N) is 1. The molecule has 4 nitrogen and oxygen atoms in total. The quantitative estimate of drug-likeness (QED) is 0.637. The largest absolute Gasteiger partial charge is 0.451 e. The van der Waals surface area contributed by atoms with Crippen LogP contribution in [0.2, 0.25) is 0 Å². The van der Waals surface area contributed by atoms with Crippen LogP contribution in [0.5, 0.6) is 0 Å². The summed E-state index contributed by atoms with van der Waals surface area (Å²) in [5, 5.41) is 2.69. The Hall–Kier alpha value is -2.28. The zero-order valence-electron chi connectivity index (χ0n) is 11.8. The second-order valence-electron chi connectivity index (χ2n) is 4.83. The molecular weight excluding hydrogens is 254 g/mol. The maximum atomic E-state index is 12.1. The minimum absolute atomic E-state index is 0.0887. The maximum Gasteiger partial charge on any atom is 0.329 e. The number of carbonyl (C=O) groups is 2. The Bertz CT molecular complexity index is 488. The fourth-order valence-electron chi connectivity index (χ4n) is 1.73. The second kappa shape index (κ2) is 8.00. The highest BCUT2D eigenvalue weighted by Gasteiger charge is 2.23. The summed E-state index contributed by atoms with van der Waals surface area (Å²) in [7, 11) is 0. The summed E-state index contributed by atoms with van der Waals surface area (Å²) in [6, 6.07) is 8.05. The van der Waals surface area contributed by atoms with Crippen LogP contribution in [-0.4, -0.2) is 24.5 Å². The van der Waals surface area contributed by atoms with Crippen LogP contribution in [0.15, 0.2) is 30.3 Å². The third-order valence-corrected chi connectivity index (χ3v) is 2.63. The van der Waals surface area contributed by atoms with Gasteiger partial charge in [0.1, 0.15) is 6.04 Å². The first-order valence-corrected chi connectivity index (χ1v) is 6.50. The van der Waals surface area contributed by atoms with Gasteiger partial charge in [0.05, 0.1) is 0 Å². The normalized spacial score (nSPS) is 11.5. The lowest BCUT2D eigenvalue weighted by atomic mass is 10.0. The van der Waals surface area contributed by atoms with Crippen molar-refractivity contribution in [3.05, 3.63) is 35.9 Å². The minimum Gasteiger partial charge on any atom is -0.451 e. The molecule has 0 saturated heterocycles. The summed E-state index contributed by atoms with van der Waals surface area (Å²) in [5.41, 5.74) is 0.506. The van der Waals surface area contributed by atoms with Crippen LogP contribution in [0.1, 0.15) is 30.6 Å². The van der Waals surface area contributed by atoms with Gasteiger partial charge in [0.25, 0.3) is 5.91 Å². The maximum absolute atomic E-state index is 12.1. The van der Waals surface area contributed by atoms with E-state index in [0.29, 0.717) is 12.0 Å². The molecule has 0 aliphatic carbocycles. The predicted molar refractivity (Wildman–Crippen MR) is 76.9 cm³/mol. The molecule has 0 aromatic heterocycles. The van der Waals surface area contributed by atoms with Crippen LogP contribution in [0.3, 0.4) is 0 Å². The zero-order valence-corrected chi connectivity index (χ0v) is 11.8. The van der Waals surface area contributed by atoms with Gasteiger partial charge in [-0.25, -0.2) is 4.79 Å². The lowest BCUT2D eigenvalue weighted by Crippen LogP contribution is -2.42. The van der Waals surface area contributed by atoms with E-state index in [4.69, 9.17) is 11.2 Å². The van der Waals surface area contributed by atoms with Crippen molar-refractivity contribution < 1.29 is 14.3 Å². The first-order chi connectivity index (χ1) is 9.54. The van der Waals surface area contributed by atoms with Crippen molar-refractivity contribution in [3.63, 3.8) is 0 Å². The Labute approximate surface area is 119 Å². The molecule has 20 heavy (non-hydrogen) atoms. The third kappa shape index (κ3) is 5.15. The molecule has 0 heterocycles. The van der Waals surface area contributed by atoms with E-state index in [0.717, 1.165) is 0 Å². The summed E-state index contributed by atoms with van der Waals surface area (Å²) >= 11 is 0. The van der Waals surface area contributed by atoms with Gasteiger partial charge in [-0.2, -0.15) is 0 Å². The topological polar surface area (TPSA) is 55.4 Å². The highest BCUT2D eigenvalue weighted by molar-refractivity contribution is 5.96. The predicted octanol–water partition coefficient (Wildman–Crippen LogP) is 2.01. The van der Waals surface area contributed by atoms with Crippen molar-refractivity contribution in [1.82, 2.24) is 5.32 Å². The van der Waals surface area contributed by atoms with Gasteiger partial charge in [-0.15, -0.1) is 6.42 Å². The van der Waals surface area contributed by atoms with Crippen LogP contribution in [0.4, 0.5) is 0 Å². The zero-order chi connectivity index (χ0) is 15.0. The number of rotatable bonds is 6. The van der Waals surface area contributed by atoms with Gasteiger partial charge in [-0.1, -0.05) is 38.0 Å². The summed E-state index contributed by atoms with van der Waals surface area (Å²) in [6.45, 7) is 3.85. The Kier molecular flexibility index (Phi) is 6.31. The highest BCUT2D eigenvalue weighted by atomic mass is 16.5. The summed E-state index contributed by atoms with van der Waals surface area (Å²) in [5.74, 6) is 1.68. The Morgan fingerprint density at radius 2 is 1.95 bits per heavy atom. The highest BCUT2D eigenvalue weighted by Crippen LogP contribution is 2.08. The first-order valence-electron chi connectivity index (χ1n) is 6.50. The van der Waals surface area contributed by atoms with E-state index in [1.807, 2.05) is 19.9 Å². The molecule has 0 radical (unpaired) electrons. The average molecular weight is 273 g/mol. The molecule has 1 rings (SSSR count). The number of carbonyl (C=O) groups excluding carboxylic acids is 2. The van der Waals surface area contributed by atoms with E-state index < -0.39 is 12.0 Å². The molecule has 1 amide bonds. The Balaban J connectivity index is 2.72. The van der Waals surface area contributed by atoms with Crippen LogP contribution >= 0.6 is 0 Å². The Morgan fingerprint density at radius 3 is 2.50 bits per heavy atom. The number of hydrogen-bond acceptors (Lipinski definition) is 3. The van der Waals surface area contributed by atoms with Crippen LogP contribution in [0.25, 0.3) is 0 Å². The molecule has 0 aliphatic rings. The standard InChI is InChI=1S/C16H19NO3/c1-4-10-20-16(19)14(11-12(2)3)17-15(18)13-8-6-5-7-9-13/h1,5-9,12,14H,10-11H2,2-3H3,(H,17,18). The minimum atomic E-state index is -0.684. The molecule has 0 saturated carbocycles. The van der Waals surface area contributed by atoms with Gasteiger partial charge in [0.15, 0.2) is 6.61 Å². The van der Waals surface area contributed by atoms with Gasteiger partial charge in [0.2, 0.25) is 0 Å². The number of benzene rings is 1. The van der Waals surface area contributed by atoms with Crippen LogP contribution in [-0.2, 0) is 9.53 Å². The van der Waals surface area contributed by atoms with Gasteiger partial charge < -0.3 is 10.1 Å². The van der Waals surface area contributed by atoms with Crippen molar-refractivity contribution in [1.29, 1.82) is 0 Å². The van der Waals surface area contributed by atoms with E-state index in [2.05, 4.69) is 11.2 Å². The number of amides is 1. The summed E-state index contributed by atoms with van der Waals surface area (Å²) < 4.78 is 4.90. The van der Waals surface area contributed by atoms with E-state index in [-0.39, 0.29) is 18.4 Å². The van der Waals surface area contributed by atoms with Crippen LogP contribution in [0, 0.1) is 18.3 Å². The van der Waals surface area contributed by atoms with E-state index in [1.165, 1.54) is 0 Å². The van der Waals surface area contributed by atoms with Crippen molar-refractivity contribution >= 4 is 11.9 Å². The monoisotopic (exact) mass is 273 g/mol. The SMILES string of the molecule is C#CCOC(=O)C(CC(C)C)NC(=O)c1ccccc1. The first kappa shape index (κ1) is 15.8. The fraction of sp³-hybridized carbons (Fsp3) is 0.375. The van der Waals surface area contributed by atoms with Gasteiger partial charge in [-0.05, 0) is 24.5 Å². The number of terminal acetylenes is 1. The van der Waals surface area contributed by atoms with Crippen molar-refractivity contribution in [2.24, 2.45) is 5.92 Å². The van der Waals surface area contributed by atoms with E-state index >= 15 is 0 Å². The molecular formula is C16H19NO3. The molecule has 106 valence electrons. The molecule has 0 bridgehead atoms. The lowest BCUT2D eigenvalue weighted by molar-refractivity contribution is -0.144. The van der Waals surface area contributed by atoms with Crippen LogP contribution < -0.4 is 5.32 Å². The number of esters is 1. The van der Waals surface area contributed by atoms with Crippen molar-refractivity contribution in [2.75, 3.05) is 6.61 Å². The lowest BCUT2D eigenvalue weighted by Gasteiger charge is -2.18. The average Bonchev–Trinajstić information content (AvgIpc) is 2.44. The smallest absolute Gasteiger partial charge is 0.329 e. The van der Waals surface area contributed by atoms with E-state index in [9.17, 15) is 9.59 Å². The van der Waals surface area contributed by atoms with Gasteiger partial charge in [0, 0.05) is 5.56 Å². The van der Waals surface area contributed by atoms with E-state index in [1.54, 1.807) is 24.3 Å². The molecule has 1 aromatic rings. The van der Waals surface area contributed by atoms with Crippen molar-refractivity contribution in [2.45, 2.75) is 26.3 Å². The molecule has 0 aliphatic heterocycles. The molecule has 1 N–H and O–H groups in total. The molecule has 0 fully saturated rings. The van der Waals surface area contributed by atoms with Gasteiger partial charge in [-0.3, -0.25) is 4.79 Å². The molecule has 1 atom stereocenters.